The van der Waals surface area contributed by atoms with Gasteiger partial charge in [0.05, 0.1) is 22.5 Å². The van der Waals surface area contributed by atoms with Crippen molar-refractivity contribution in [3.05, 3.63) is 62.7 Å². The van der Waals surface area contributed by atoms with Crippen LogP contribution in [0.4, 0.5) is 5.00 Å². The first-order chi connectivity index (χ1) is 13.5. The molecule has 0 radical (unpaired) electrons. The van der Waals surface area contributed by atoms with Gasteiger partial charge in [0, 0.05) is 4.88 Å². The first kappa shape index (κ1) is 17.8. The largest absolute Gasteiger partial charge is 0.352 e. The van der Waals surface area contributed by atoms with Gasteiger partial charge in [-0.25, -0.2) is 4.68 Å². The van der Waals surface area contributed by atoms with Gasteiger partial charge in [-0.2, -0.15) is 5.10 Å². The molecule has 1 amide bonds. The summed E-state index contributed by atoms with van der Waals surface area (Å²) in [5, 5.41) is 12.7. The van der Waals surface area contributed by atoms with Crippen LogP contribution in [0, 0.1) is 12.8 Å². The quantitative estimate of drug-likeness (QED) is 0.631. The number of carbonyl (C=O) groups is 1. The maximum absolute atomic E-state index is 13.0. The number of benzene rings is 1. The molecule has 144 valence electrons. The smallest absolute Gasteiger partial charge is 0.256 e. The summed E-state index contributed by atoms with van der Waals surface area (Å²) in [6.45, 7) is 4.20. The third-order valence-corrected chi connectivity index (χ3v) is 7.18. The number of rotatable bonds is 2. The van der Waals surface area contributed by atoms with Crippen molar-refractivity contribution in [2.24, 2.45) is 5.92 Å². The molecule has 1 aliphatic carbocycles. The predicted octanol–water partition coefficient (Wildman–Crippen LogP) is 4.87. The van der Waals surface area contributed by atoms with Crippen molar-refractivity contribution in [1.82, 2.24) is 15.1 Å². The van der Waals surface area contributed by atoms with Gasteiger partial charge in [-0.1, -0.05) is 36.7 Å². The number of para-hydroxylation sites is 1. The Bertz CT molecular complexity index is 1070. The number of nitrogens with one attached hydrogen (secondary N) is 2. The number of hydrogen-bond donors (Lipinski definition) is 2. The summed E-state index contributed by atoms with van der Waals surface area (Å²) in [4.78, 5) is 14.3. The van der Waals surface area contributed by atoms with Crippen molar-refractivity contribution >= 4 is 33.8 Å². The summed E-state index contributed by atoms with van der Waals surface area (Å²) in [5.74, 6) is 0.654. The minimum absolute atomic E-state index is 0.0197. The van der Waals surface area contributed by atoms with E-state index in [9.17, 15) is 4.79 Å². The Balaban J connectivity index is 1.53. The van der Waals surface area contributed by atoms with E-state index in [2.05, 4.69) is 22.7 Å². The monoisotopic (exact) mass is 412 g/mol. The number of aromatic nitrogens is 2. The van der Waals surface area contributed by atoms with Crippen molar-refractivity contribution in [3.63, 3.8) is 0 Å². The molecule has 2 N–H and O–H groups in total. The van der Waals surface area contributed by atoms with Gasteiger partial charge in [-0.15, -0.1) is 11.3 Å². The molecule has 3 aromatic rings. The van der Waals surface area contributed by atoms with Crippen LogP contribution in [0.15, 0.2) is 30.3 Å². The molecule has 2 aliphatic rings. The highest BCUT2D eigenvalue weighted by Gasteiger charge is 2.35. The number of hydrogen-bond acceptors (Lipinski definition) is 4. The Morgan fingerprint density at radius 2 is 2.04 bits per heavy atom. The molecule has 2 aromatic heterocycles. The number of halogens is 1. The predicted molar refractivity (Wildman–Crippen MR) is 113 cm³/mol. The molecule has 0 fully saturated rings. The Morgan fingerprint density at radius 1 is 1.25 bits per heavy atom. The lowest BCUT2D eigenvalue weighted by Gasteiger charge is -2.27. The summed E-state index contributed by atoms with van der Waals surface area (Å²) in [7, 11) is 0. The van der Waals surface area contributed by atoms with Gasteiger partial charge in [0.1, 0.15) is 16.3 Å². The van der Waals surface area contributed by atoms with E-state index in [0.29, 0.717) is 11.1 Å². The molecule has 0 saturated carbocycles. The number of amides is 1. The van der Waals surface area contributed by atoms with Crippen LogP contribution in [-0.4, -0.2) is 15.7 Å². The van der Waals surface area contributed by atoms with Gasteiger partial charge >= 0.3 is 0 Å². The van der Waals surface area contributed by atoms with Crippen LogP contribution in [-0.2, 0) is 12.8 Å². The zero-order valence-electron chi connectivity index (χ0n) is 15.8. The van der Waals surface area contributed by atoms with Crippen LogP contribution in [0.3, 0.4) is 0 Å². The Kier molecular flexibility index (Phi) is 4.21. The van der Waals surface area contributed by atoms with Crippen LogP contribution >= 0.6 is 22.9 Å². The van der Waals surface area contributed by atoms with Crippen LogP contribution in [0.25, 0.3) is 5.69 Å². The van der Waals surface area contributed by atoms with Crippen LogP contribution in [0.2, 0.25) is 5.15 Å². The highest BCUT2D eigenvalue weighted by atomic mass is 35.5. The topological polar surface area (TPSA) is 59.0 Å². The number of nitrogens with zero attached hydrogens (tertiary/aromatic N) is 2. The zero-order valence-corrected chi connectivity index (χ0v) is 17.3. The third-order valence-electron chi connectivity index (χ3n) is 5.63. The molecule has 5 nitrogen and oxygen atoms in total. The van der Waals surface area contributed by atoms with Crippen molar-refractivity contribution in [2.45, 2.75) is 39.3 Å². The Hall–Kier alpha value is -2.31. The molecule has 1 aliphatic heterocycles. The van der Waals surface area contributed by atoms with E-state index in [0.717, 1.165) is 46.8 Å². The molecule has 0 bridgehead atoms. The van der Waals surface area contributed by atoms with Crippen molar-refractivity contribution in [2.75, 3.05) is 5.32 Å². The summed E-state index contributed by atoms with van der Waals surface area (Å²) < 4.78 is 1.72. The molecule has 0 saturated heterocycles. The lowest BCUT2D eigenvalue weighted by atomic mass is 9.88. The molecule has 5 rings (SSSR count). The van der Waals surface area contributed by atoms with E-state index in [1.54, 1.807) is 16.0 Å². The number of thiophene rings is 1. The summed E-state index contributed by atoms with van der Waals surface area (Å²) in [6, 6.07) is 9.78. The first-order valence-electron chi connectivity index (χ1n) is 9.55. The normalized spacial score (nSPS) is 20.9. The average Bonchev–Trinajstić information content (AvgIpc) is 3.18. The number of carbonyl (C=O) groups excluding carboxylic acids is 1. The zero-order chi connectivity index (χ0) is 19.4. The van der Waals surface area contributed by atoms with E-state index in [1.165, 1.54) is 10.4 Å². The van der Waals surface area contributed by atoms with Crippen molar-refractivity contribution in [1.29, 1.82) is 0 Å². The van der Waals surface area contributed by atoms with Gasteiger partial charge in [-0.05, 0) is 49.8 Å². The molecule has 3 heterocycles. The minimum Gasteiger partial charge on any atom is -0.352 e. The Labute approximate surface area is 172 Å². The van der Waals surface area contributed by atoms with Gasteiger partial charge in [0.2, 0.25) is 0 Å². The molecule has 2 atom stereocenters. The molecule has 0 spiro atoms. The third kappa shape index (κ3) is 2.74. The molecule has 0 unspecified atom stereocenters. The second-order valence-electron chi connectivity index (χ2n) is 7.64. The minimum atomic E-state index is -0.387. The van der Waals surface area contributed by atoms with Gasteiger partial charge < -0.3 is 10.6 Å². The lowest BCUT2D eigenvalue weighted by molar-refractivity contribution is 0.0935. The maximum Gasteiger partial charge on any atom is 0.256 e. The molecule has 28 heavy (non-hydrogen) atoms. The number of anilines is 1. The van der Waals surface area contributed by atoms with Crippen molar-refractivity contribution < 1.29 is 4.79 Å². The maximum atomic E-state index is 13.0. The molecule has 1 aromatic carbocycles. The SMILES string of the molecule is Cc1nn(-c2ccccc2)c(Cl)c1[C@@H]1NC(=O)c2c(sc3c2CC[C@@H](C)C3)N1. The standard InChI is InChI=1S/C21H21ClN4OS/c1-11-8-9-14-15(10-11)28-21-17(14)20(27)23-19(24-21)16-12(2)25-26(18(16)22)13-6-4-3-5-7-13/h3-7,11,19,24H,8-10H2,1-2H3,(H,23,27)/t11-,19-/m1/s1. The van der Waals surface area contributed by atoms with E-state index in [1.807, 2.05) is 37.3 Å². The highest BCUT2D eigenvalue weighted by molar-refractivity contribution is 7.16. The number of fused-ring (bicyclic) bond motifs is 3. The Morgan fingerprint density at radius 3 is 2.82 bits per heavy atom. The fourth-order valence-corrected chi connectivity index (χ4v) is 6.00. The van der Waals surface area contributed by atoms with Gasteiger partial charge in [0.25, 0.3) is 5.91 Å². The van der Waals surface area contributed by atoms with E-state index < -0.39 is 0 Å². The highest BCUT2D eigenvalue weighted by Crippen LogP contribution is 2.43. The summed E-state index contributed by atoms with van der Waals surface area (Å²) in [5.41, 5.74) is 4.55. The second kappa shape index (κ2) is 6.64. The van der Waals surface area contributed by atoms with E-state index in [-0.39, 0.29) is 12.1 Å². The van der Waals surface area contributed by atoms with Gasteiger partial charge in [-0.3, -0.25) is 4.79 Å². The second-order valence-corrected chi connectivity index (χ2v) is 9.11. The fraction of sp³-hybridized carbons (Fsp3) is 0.333. The summed E-state index contributed by atoms with van der Waals surface area (Å²) in [6.07, 6.45) is 2.79. The molecule has 7 heteroatoms. The van der Waals surface area contributed by atoms with Crippen LogP contribution in [0.1, 0.15) is 51.6 Å². The summed E-state index contributed by atoms with van der Waals surface area (Å²) >= 11 is 8.42. The lowest BCUT2D eigenvalue weighted by Crippen LogP contribution is -2.38. The molecular formula is C21H21ClN4OS. The van der Waals surface area contributed by atoms with E-state index >= 15 is 0 Å². The fourth-order valence-electron chi connectivity index (χ4n) is 4.19. The number of aryl methyl sites for hydroxylation is 1. The average molecular weight is 413 g/mol. The van der Waals surface area contributed by atoms with Gasteiger partial charge in [0.15, 0.2) is 0 Å². The van der Waals surface area contributed by atoms with E-state index in [4.69, 9.17) is 11.6 Å². The van der Waals surface area contributed by atoms with Crippen LogP contribution in [0.5, 0.6) is 0 Å². The molecular weight excluding hydrogens is 392 g/mol. The van der Waals surface area contributed by atoms with Crippen molar-refractivity contribution in [3.8, 4) is 5.69 Å². The first-order valence-corrected chi connectivity index (χ1v) is 10.7. The van der Waals surface area contributed by atoms with Crippen LogP contribution < -0.4 is 10.6 Å².